The van der Waals surface area contributed by atoms with Crippen LogP contribution in [0.1, 0.15) is 0 Å². The predicted octanol–water partition coefficient (Wildman–Crippen LogP) is -8.40. The molecule has 0 N–H and O–H groups in total. The van der Waals surface area contributed by atoms with Crippen molar-refractivity contribution in [3.8, 4) is 0 Å². The first-order valence-corrected chi connectivity index (χ1v) is 0. The third-order valence-electron chi connectivity index (χ3n) is 0. The van der Waals surface area contributed by atoms with Crippen LogP contribution in [0.5, 0.6) is 0 Å². The molecule has 0 heterocycles. The molecule has 0 spiro atoms. The third-order valence-corrected chi connectivity index (χ3v) is 0. The van der Waals surface area contributed by atoms with Crippen molar-refractivity contribution in [2.75, 3.05) is 0 Å². The van der Waals surface area contributed by atoms with Crippen LogP contribution in [-0.4, -0.2) is 141 Å². The maximum atomic E-state index is 0. The Labute approximate surface area is 159 Å². The second kappa shape index (κ2) is 74.2. The van der Waals surface area contributed by atoms with E-state index in [-0.39, 0.29) is 162 Å². The minimum Gasteiger partial charge on any atom is 4.00 e. The molecule has 12 radical (unpaired) electrons. The van der Waals surface area contributed by atoms with Crippen LogP contribution in [-0.2, 0) is 21.7 Å². The van der Waals surface area contributed by atoms with Crippen LogP contribution in [0.25, 0.3) is 0 Å². The Balaban J connectivity index is 0. The molecule has 0 nitrogen and oxygen atoms in total. The van der Waals surface area contributed by atoms with Gasteiger partial charge in [0, 0.05) is 0 Å². The Hall–Kier alpha value is 5.06. The van der Waals surface area contributed by atoms with Gasteiger partial charge in [0.25, 0.3) is 0 Å². The van der Waals surface area contributed by atoms with Gasteiger partial charge >= 0.3 is 162 Å². The van der Waals surface area contributed by atoms with Crippen molar-refractivity contribution in [3.05, 3.63) is 0 Å². The van der Waals surface area contributed by atoms with E-state index in [2.05, 4.69) is 0 Å². The van der Waals surface area contributed by atoms with Crippen LogP contribution in [0.15, 0.2) is 0 Å². The summed E-state index contributed by atoms with van der Waals surface area (Å²) in [6.07, 6.45) is 0. The number of rotatable bonds is 0. The maximum Gasteiger partial charge on any atom is 4.00 e. The smallest absolute Gasteiger partial charge is 4.00 e. The molecule has 0 aromatic heterocycles. The monoisotopic (exact) mass is 659 g/mol. The molecule has 0 aliphatic carbocycles. The summed E-state index contributed by atoms with van der Waals surface area (Å²) in [7, 11) is 0. The minimum atomic E-state index is 0. The zero-order valence-corrected chi connectivity index (χ0v) is 37.5. The van der Waals surface area contributed by atoms with E-state index in [1.165, 1.54) is 0 Å². The fourth-order valence-electron chi connectivity index (χ4n) is 0. The van der Waals surface area contributed by atoms with Crippen LogP contribution in [0.3, 0.4) is 0 Å². The average Bonchev–Trinajstić information content (AvgIpc) is 0. The second-order valence-electron chi connectivity index (χ2n) is 0. The Morgan fingerprint density at radius 1 is 0.333 bits per heavy atom. The van der Waals surface area contributed by atoms with Crippen LogP contribution < -0.4 is 0 Å². The average molecular weight is 649 g/mol. The van der Waals surface area contributed by atoms with E-state index in [4.69, 9.17) is 0 Å². The van der Waals surface area contributed by atoms with Crippen molar-refractivity contribution in [3.63, 3.8) is 0 Å². The van der Waals surface area contributed by atoms with Gasteiger partial charge < -0.3 is 0 Å². The first kappa shape index (κ1) is 93.7. The summed E-state index contributed by atoms with van der Waals surface area (Å²) in [6.45, 7) is 0. The van der Waals surface area contributed by atoms with E-state index in [1.54, 1.807) is 0 Å². The van der Waals surface area contributed by atoms with Gasteiger partial charge in [-0.1, -0.05) is 0 Å². The van der Waals surface area contributed by atoms with Crippen LogP contribution in [0, 0.1) is 0 Å². The van der Waals surface area contributed by atoms with Crippen molar-refractivity contribution in [1.82, 2.24) is 0 Å². The summed E-state index contributed by atoms with van der Waals surface area (Å²) in [5.41, 5.74) is 0. The van der Waals surface area contributed by atoms with Crippen molar-refractivity contribution in [2.24, 2.45) is 0 Å². The third kappa shape index (κ3) is 62.4. The Bertz CT molecular complexity index is 4.53. The van der Waals surface area contributed by atoms with Gasteiger partial charge in [0.15, 0.2) is 0 Å². The van der Waals surface area contributed by atoms with E-state index in [1.807, 2.05) is 0 Å². The Kier molecular flexibility index (Phi) is 773. The predicted molar refractivity (Wildman–Crippen MR) is 73.9 cm³/mol. The summed E-state index contributed by atoms with van der Waals surface area (Å²) in [4.78, 5) is 0. The van der Waals surface area contributed by atoms with Gasteiger partial charge in [0.05, 0.1) is 0 Å². The van der Waals surface area contributed by atoms with Gasteiger partial charge in [-0.3, -0.25) is 0 Å². The molecule has 0 atom stereocenters. The van der Waals surface area contributed by atoms with E-state index in [9.17, 15) is 0 Å². The summed E-state index contributed by atoms with van der Waals surface area (Å²) in [6, 6.07) is 0. The molecule has 0 unspecified atom stereocenters. The van der Waals surface area contributed by atoms with E-state index in [0.29, 0.717) is 0 Å². The standard InChI is InChI=1S/4GeH3.4GeH2.Ti/h4*1H3;4*1H2;/q;;;;;;;;+4. The first-order chi connectivity index (χ1) is 0. The molecular formula is H20Ge8Ti+4. The Morgan fingerprint density at radius 2 is 0.333 bits per heavy atom. The fourth-order valence-corrected chi connectivity index (χ4v) is 0. The summed E-state index contributed by atoms with van der Waals surface area (Å²) < 4.78 is 0. The number of hydrogen-bond donors (Lipinski definition) is 0. The molecule has 0 aliphatic heterocycles. The fraction of sp³-hybridized carbons (Fsp3) is 0. The van der Waals surface area contributed by atoms with E-state index in [0.717, 1.165) is 0 Å². The van der Waals surface area contributed by atoms with Crippen LogP contribution >= 0.6 is 0 Å². The quantitative estimate of drug-likeness (QED) is 0.229. The topological polar surface area (TPSA) is 0 Å². The molecule has 0 amide bonds. The SMILES string of the molecule is [GeH2].[GeH2].[GeH2].[GeH2].[GeH3].[GeH3].[GeH3].[GeH3].[Ti+4]. The van der Waals surface area contributed by atoms with E-state index < -0.39 is 0 Å². The molecule has 9 heavy (non-hydrogen) atoms. The molecule has 0 bridgehead atoms. The molecule has 0 saturated heterocycles. The van der Waals surface area contributed by atoms with Gasteiger partial charge in [0.2, 0.25) is 0 Å². The first-order valence-electron chi connectivity index (χ1n) is 0. The zero-order valence-electron chi connectivity index (χ0n) is 7.33. The molecule has 0 aromatic carbocycles. The van der Waals surface area contributed by atoms with Crippen molar-refractivity contribution < 1.29 is 21.7 Å². The normalized spacial score (nSPS) is 0. The molecule has 0 saturated carbocycles. The molecule has 0 fully saturated rings. The van der Waals surface area contributed by atoms with E-state index >= 15 is 0 Å². The van der Waals surface area contributed by atoms with Gasteiger partial charge in [-0.25, -0.2) is 0 Å². The van der Waals surface area contributed by atoms with Gasteiger partial charge in [-0.2, -0.15) is 0 Å². The van der Waals surface area contributed by atoms with Crippen molar-refractivity contribution >= 4 is 141 Å². The van der Waals surface area contributed by atoms with Crippen molar-refractivity contribution in [2.45, 2.75) is 0 Å². The zero-order chi connectivity index (χ0) is 0. The minimum absolute atomic E-state index is 0. The maximum absolute atomic E-state index is 0. The summed E-state index contributed by atoms with van der Waals surface area (Å²) >= 11 is 0. The van der Waals surface area contributed by atoms with Crippen LogP contribution in [0.4, 0.5) is 0 Å². The van der Waals surface area contributed by atoms with Gasteiger partial charge in [-0.05, 0) is 0 Å². The Morgan fingerprint density at radius 3 is 0.333 bits per heavy atom. The summed E-state index contributed by atoms with van der Waals surface area (Å²) in [5, 5.41) is 0. The van der Waals surface area contributed by atoms with Crippen LogP contribution in [0.2, 0.25) is 0 Å². The molecular weight excluding hydrogens is 629 g/mol. The largest absolute Gasteiger partial charge is 4.00 e. The van der Waals surface area contributed by atoms with Crippen molar-refractivity contribution in [1.29, 1.82) is 0 Å². The van der Waals surface area contributed by atoms with Gasteiger partial charge in [0.1, 0.15) is 0 Å². The number of hydrogen-bond acceptors (Lipinski definition) is 0. The molecule has 0 aromatic rings. The summed E-state index contributed by atoms with van der Waals surface area (Å²) in [5.74, 6) is 0. The molecule has 0 rings (SSSR count). The molecule has 52 valence electrons. The second-order valence-corrected chi connectivity index (χ2v) is 0. The van der Waals surface area contributed by atoms with Gasteiger partial charge in [-0.15, -0.1) is 0 Å². The molecule has 9 heteroatoms. The molecule has 0 aliphatic rings.